The van der Waals surface area contributed by atoms with Gasteiger partial charge >= 0.3 is 0 Å². The second-order valence-corrected chi connectivity index (χ2v) is 7.89. The average Bonchev–Trinajstić information content (AvgIpc) is 3.03. The minimum absolute atomic E-state index is 0.156. The molecule has 7 nitrogen and oxygen atoms in total. The van der Waals surface area contributed by atoms with Crippen LogP contribution < -0.4 is 0 Å². The molecule has 0 aromatic carbocycles. The van der Waals surface area contributed by atoms with Crippen LogP contribution in [-0.4, -0.2) is 67.4 Å². The average molecular weight is 380 g/mol. The van der Waals surface area contributed by atoms with Gasteiger partial charge in [-0.25, -0.2) is 4.98 Å². The van der Waals surface area contributed by atoms with E-state index in [1.165, 1.54) is 0 Å². The van der Waals surface area contributed by atoms with E-state index in [4.69, 9.17) is 16.3 Å². The van der Waals surface area contributed by atoms with Crippen LogP contribution in [0.2, 0.25) is 5.02 Å². The van der Waals surface area contributed by atoms with Crippen molar-refractivity contribution in [3.8, 4) is 0 Å². The maximum Gasteiger partial charge on any atom is 0.274 e. The van der Waals surface area contributed by atoms with Gasteiger partial charge in [-0.05, 0) is 31.9 Å². The first kappa shape index (κ1) is 17.7. The molecule has 2 atom stereocenters. The number of rotatable bonds is 1. The topological polar surface area (TPSA) is 87.3 Å². The van der Waals surface area contributed by atoms with Gasteiger partial charge in [-0.2, -0.15) is 0 Å². The zero-order valence-electron chi connectivity index (χ0n) is 14.6. The van der Waals surface area contributed by atoms with E-state index in [1.807, 2.05) is 0 Å². The Morgan fingerprint density at radius 3 is 2.77 bits per heavy atom. The lowest BCUT2D eigenvalue weighted by Crippen LogP contribution is -2.64. The molecule has 2 saturated heterocycles. The van der Waals surface area contributed by atoms with Crippen molar-refractivity contribution in [3.63, 3.8) is 0 Å². The predicted octanol–water partition coefficient (Wildman–Crippen LogP) is 1.49. The Balaban J connectivity index is 1.49. The Labute approximate surface area is 156 Å². The number of imidazole rings is 1. The van der Waals surface area contributed by atoms with Gasteiger partial charge in [0.2, 0.25) is 0 Å². The van der Waals surface area contributed by atoms with Crippen molar-refractivity contribution in [1.29, 1.82) is 0 Å². The minimum atomic E-state index is -1.16. The standard InChI is InChI=1S/C18H22ClN3O4/c1-17(25)6-9-26-18(16(17)24)4-7-21(8-5-18)15(23)13-11-22-10-12(19)2-3-14(22)20-13/h2-3,10-11,16,24-25H,4-9H2,1H3/t16-,17+/m0/s1. The number of halogens is 1. The first-order valence-electron chi connectivity index (χ1n) is 8.79. The molecule has 2 aromatic rings. The normalized spacial score (nSPS) is 28.6. The number of likely N-dealkylation sites (tertiary alicyclic amines) is 1. The molecular weight excluding hydrogens is 358 g/mol. The summed E-state index contributed by atoms with van der Waals surface area (Å²) in [5.74, 6) is -0.156. The smallest absolute Gasteiger partial charge is 0.274 e. The van der Waals surface area contributed by atoms with E-state index < -0.39 is 17.3 Å². The highest BCUT2D eigenvalue weighted by Crippen LogP contribution is 2.39. The van der Waals surface area contributed by atoms with Crippen LogP contribution in [0.4, 0.5) is 0 Å². The number of aromatic nitrogens is 2. The Hall–Kier alpha value is -1.67. The van der Waals surface area contributed by atoms with Crippen LogP contribution >= 0.6 is 11.6 Å². The summed E-state index contributed by atoms with van der Waals surface area (Å²) in [4.78, 5) is 18.9. The molecule has 0 saturated carbocycles. The number of hydrogen-bond donors (Lipinski definition) is 2. The fourth-order valence-corrected chi connectivity index (χ4v) is 4.15. The van der Waals surface area contributed by atoms with Crippen molar-refractivity contribution in [2.75, 3.05) is 19.7 Å². The molecule has 140 valence electrons. The van der Waals surface area contributed by atoms with Gasteiger partial charge in [0.1, 0.15) is 23.0 Å². The van der Waals surface area contributed by atoms with E-state index in [0.717, 1.165) is 0 Å². The molecule has 2 aromatic heterocycles. The highest BCUT2D eigenvalue weighted by atomic mass is 35.5. The SMILES string of the molecule is C[C@@]1(O)CCOC2(CCN(C(=O)c3cn4cc(Cl)ccc4n3)CC2)[C@H]1O. The lowest BCUT2D eigenvalue weighted by atomic mass is 9.75. The van der Waals surface area contributed by atoms with Crippen LogP contribution in [0.15, 0.2) is 24.5 Å². The number of nitrogens with zero attached hydrogens (tertiary/aromatic N) is 3. The second-order valence-electron chi connectivity index (χ2n) is 7.45. The molecule has 2 fully saturated rings. The number of carbonyl (C=O) groups excluding carboxylic acids is 1. The number of piperidine rings is 1. The number of carbonyl (C=O) groups is 1. The molecule has 2 aliphatic heterocycles. The van der Waals surface area contributed by atoms with Crippen molar-refractivity contribution in [2.24, 2.45) is 0 Å². The van der Waals surface area contributed by atoms with Crippen LogP contribution in [0, 0.1) is 0 Å². The van der Waals surface area contributed by atoms with Crippen molar-refractivity contribution < 1.29 is 19.7 Å². The van der Waals surface area contributed by atoms with Crippen LogP contribution in [-0.2, 0) is 4.74 Å². The molecule has 2 N–H and O–H groups in total. The number of aliphatic hydroxyl groups is 2. The Morgan fingerprint density at radius 2 is 2.04 bits per heavy atom. The van der Waals surface area contributed by atoms with E-state index >= 15 is 0 Å². The Bertz CT molecular complexity index is 842. The third-order valence-electron chi connectivity index (χ3n) is 5.62. The molecule has 0 bridgehead atoms. The van der Waals surface area contributed by atoms with Crippen molar-refractivity contribution in [3.05, 3.63) is 35.2 Å². The summed E-state index contributed by atoms with van der Waals surface area (Å²) in [6, 6.07) is 3.50. The zero-order chi connectivity index (χ0) is 18.5. The summed E-state index contributed by atoms with van der Waals surface area (Å²) in [5.41, 5.74) is -0.926. The summed E-state index contributed by atoms with van der Waals surface area (Å²) in [6.07, 6.45) is 3.79. The van der Waals surface area contributed by atoms with Gasteiger partial charge in [-0.15, -0.1) is 0 Å². The largest absolute Gasteiger partial charge is 0.387 e. The van der Waals surface area contributed by atoms with E-state index in [-0.39, 0.29) is 5.91 Å². The third-order valence-corrected chi connectivity index (χ3v) is 5.84. The molecule has 26 heavy (non-hydrogen) atoms. The quantitative estimate of drug-likeness (QED) is 0.784. The third kappa shape index (κ3) is 2.89. The van der Waals surface area contributed by atoms with Gasteiger partial charge in [-0.1, -0.05) is 11.6 Å². The van der Waals surface area contributed by atoms with Crippen molar-refractivity contribution in [1.82, 2.24) is 14.3 Å². The fourth-order valence-electron chi connectivity index (χ4n) is 3.98. The predicted molar refractivity (Wildman–Crippen MR) is 95.3 cm³/mol. The fraction of sp³-hybridized carbons (Fsp3) is 0.556. The van der Waals surface area contributed by atoms with Crippen LogP contribution in [0.1, 0.15) is 36.7 Å². The highest BCUT2D eigenvalue weighted by Gasteiger charge is 2.53. The first-order valence-corrected chi connectivity index (χ1v) is 9.17. The van der Waals surface area contributed by atoms with Gasteiger partial charge in [0, 0.05) is 31.9 Å². The molecule has 8 heteroatoms. The summed E-state index contributed by atoms with van der Waals surface area (Å²) in [7, 11) is 0. The van der Waals surface area contributed by atoms with E-state index in [9.17, 15) is 15.0 Å². The van der Waals surface area contributed by atoms with E-state index in [0.29, 0.717) is 55.3 Å². The lowest BCUT2D eigenvalue weighted by molar-refractivity contribution is -0.244. The van der Waals surface area contributed by atoms with Gasteiger partial charge < -0.3 is 24.3 Å². The Kier molecular flexibility index (Phi) is 4.23. The van der Waals surface area contributed by atoms with Crippen LogP contribution in [0.5, 0.6) is 0 Å². The summed E-state index contributed by atoms with van der Waals surface area (Å²) < 4.78 is 7.60. The minimum Gasteiger partial charge on any atom is -0.387 e. The maximum absolute atomic E-state index is 12.8. The number of ether oxygens (including phenoxy) is 1. The summed E-state index contributed by atoms with van der Waals surface area (Å²) >= 11 is 5.97. The first-order chi connectivity index (χ1) is 12.3. The number of hydrogen-bond acceptors (Lipinski definition) is 5. The second kappa shape index (κ2) is 6.20. The summed E-state index contributed by atoms with van der Waals surface area (Å²) in [5, 5.41) is 21.5. The molecule has 2 aliphatic rings. The molecule has 0 aliphatic carbocycles. The lowest BCUT2D eigenvalue weighted by Gasteiger charge is -2.51. The molecule has 1 amide bonds. The van der Waals surface area contributed by atoms with Crippen LogP contribution in [0.25, 0.3) is 5.65 Å². The monoisotopic (exact) mass is 379 g/mol. The number of amides is 1. The molecule has 1 spiro atoms. The summed E-state index contributed by atoms with van der Waals surface area (Å²) in [6.45, 7) is 2.94. The van der Waals surface area contributed by atoms with E-state index in [1.54, 1.807) is 40.8 Å². The number of fused-ring (bicyclic) bond motifs is 1. The van der Waals surface area contributed by atoms with E-state index in [2.05, 4.69) is 4.98 Å². The molecule has 0 radical (unpaired) electrons. The number of pyridine rings is 1. The maximum atomic E-state index is 12.8. The van der Waals surface area contributed by atoms with Gasteiger partial charge in [-0.3, -0.25) is 4.79 Å². The van der Waals surface area contributed by atoms with Gasteiger partial charge in [0.25, 0.3) is 5.91 Å². The highest BCUT2D eigenvalue weighted by molar-refractivity contribution is 6.30. The zero-order valence-corrected chi connectivity index (χ0v) is 15.3. The number of aliphatic hydroxyl groups excluding tert-OH is 1. The van der Waals surface area contributed by atoms with Crippen molar-refractivity contribution >= 4 is 23.2 Å². The molecule has 4 rings (SSSR count). The molecule has 0 unspecified atom stereocenters. The van der Waals surface area contributed by atoms with Crippen LogP contribution in [0.3, 0.4) is 0 Å². The van der Waals surface area contributed by atoms with Crippen molar-refractivity contribution in [2.45, 2.75) is 43.5 Å². The Morgan fingerprint density at radius 1 is 1.31 bits per heavy atom. The van der Waals surface area contributed by atoms with Gasteiger partial charge in [0.15, 0.2) is 0 Å². The van der Waals surface area contributed by atoms with Gasteiger partial charge in [0.05, 0.1) is 17.2 Å². The molecule has 4 heterocycles. The molecular formula is C18H22ClN3O4.